The van der Waals surface area contributed by atoms with E-state index in [2.05, 4.69) is 144 Å². The van der Waals surface area contributed by atoms with Gasteiger partial charge in [0.15, 0.2) is 16.5 Å². The number of halogens is 1. The molecule has 10 nitrogen and oxygen atoms in total. The van der Waals surface area contributed by atoms with Crippen LogP contribution in [0.15, 0.2) is 102 Å². The summed E-state index contributed by atoms with van der Waals surface area (Å²) in [6, 6.07) is 23.5. The Morgan fingerprint density at radius 2 is 0.954 bits per heavy atom. The number of rotatable bonds is 13. The lowest BCUT2D eigenvalue weighted by molar-refractivity contribution is -0.121. The predicted molar refractivity (Wildman–Crippen MR) is 273 cm³/mol. The van der Waals surface area contributed by atoms with Crippen molar-refractivity contribution in [1.29, 1.82) is 0 Å². The number of ketones is 1. The quantitative estimate of drug-likeness (QED) is 0.134. The average Bonchev–Trinajstić information content (AvgIpc) is 3.94. The summed E-state index contributed by atoms with van der Waals surface area (Å²) in [6.45, 7) is 30.9. The lowest BCUT2D eigenvalue weighted by Crippen LogP contribution is -2.51. The third kappa shape index (κ3) is 13.2. The fraction of sp³-hybridized carbons (Fsp3) is 0.558. The van der Waals surface area contributed by atoms with Gasteiger partial charge in [0.2, 0.25) is 0 Å². The van der Waals surface area contributed by atoms with Crippen LogP contribution in [0.2, 0.25) is 33.2 Å². The lowest BCUT2D eigenvalue weighted by atomic mass is 9.86. The van der Waals surface area contributed by atoms with Crippen LogP contribution in [0.3, 0.4) is 0 Å². The Morgan fingerprint density at radius 3 is 1.32 bits per heavy atom. The maximum atomic E-state index is 12.5. The number of carbonyl (C=O) groups excluding carboxylic acids is 3. The second kappa shape index (κ2) is 24.2. The molecule has 0 atom stereocenters. The van der Waals surface area contributed by atoms with Crippen molar-refractivity contribution < 1.29 is 29.0 Å². The number of nitrogens with zero attached hydrogens (tertiary/aromatic N) is 4. The number of benzene rings is 2. The van der Waals surface area contributed by atoms with E-state index >= 15 is 0 Å². The molecule has 4 heterocycles. The molecule has 0 radical (unpaired) electrons. The number of carbonyl (C=O) groups is 3. The van der Waals surface area contributed by atoms with Gasteiger partial charge in [0, 0.05) is 61.5 Å². The molecule has 2 aliphatic rings. The van der Waals surface area contributed by atoms with E-state index in [1.54, 1.807) is 9.80 Å². The molecule has 0 unspecified atom stereocenters. The first-order valence-electron chi connectivity index (χ1n) is 23.9. The topological polar surface area (TPSA) is 106 Å². The highest BCUT2D eigenvalue weighted by molar-refractivity contribution is 9.10. The molecule has 0 aliphatic carbocycles. The van der Waals surface area contributed by atoms with E-state index in [9.17, 15) is 19.5 Å². The zero-order valence-electron chi connectivity index (χ0n) is 41.4. The third-order valence-corrected chi connectivity index (χ3v) is 28.1. The fourth-order valence-corrected chi connectivity index (χ4v) is 24.7. The number of piperidine rings is 2. The second-order valence-electron chi connectivity index (χ2n) is 19.9. The number of hydrogen-bond acceptors (Lipinski definition) is 6. The summed E-state index contributed by atoms with van der Waals surface area (Å²) in [5.41, 5.74) is 6.08. The molecule has 2 aromatic carbocycles. The first kappa shape index (κ1) is 53.7. The summed E-state index contributed by atoms with van der Waals surface area (Å²) in [4.78, 5) is 38.5. The second-order valence-corrected chi connectivity index (χ2v) is 32.3. The van der Waals surface area contributed by atoms with Crippen molar-refractivity contribution in [2.75, 3.05) is 26.2 Å². The normalized spacial score (nSPS) is 15.6. The van der Waals surface area contributed by atoms with Crippen molar-refractivity contribution in [2.24, 2.45) is 0 Å². The number of amides is 2. The van der Waals surface area contributed by atoms with Crippen LogP contribution < -0.4 is 0 Å². The molecule has 65 heavy (non-hydrogen) atoms. The molecule has 2 aliphatic heterocycles. The van der Waals surface area contributed by atoms with Gasteiger partial charge >= 0.3 is 12.2 Å². The summed E-state index contributed by atoms with van der Waals surface area (Å²) < 4.78 is 16.9. The largest absolute Gasteiger partial charge is 0.445 e. The standard InChI is InChI=1S/C26H40N2O3Si.C13H24BrNSi.C13H15NO3/c1-20(2)32(21(3)4,22(5)6)28-15-12-24(18-28)26(30)13-16-27(17-14-26)25(29)31-19-23-10-8-7-9-11-23;1-10(2)16(11(3)4,12(5)6)15-8-7-13(14)9-15;15-12-6-8-14(9-7-12)13(16)17-10-11-4-2-1-3-5-11/h7-12,15,18,20-22,30H,13-14,16-17,19H2,1-6H3;7-12H,1-6H3;1-5H,6-10H2. The van der Waals surface area contributed by atoms with Gasteiger partial charge in [-0.2, -0.15) is 0 Å². The number of hydrogen-bond donors (Lipinski definition) is 1. The molecule has 0 saturated carbocycles. The summed E-state index contributed by atoms with van der Waals surface area (Å²) in [5, 5.41) is 11.5. The highest BCUT2D eigenvalue weighted by Gasteiger charge is 2.47. The van der Waals surface area contributed by atoms with Crippen LogP contribution in [-0.2, 0) is 33.1 Å². The van der Waals surface area contributed by atoms with Crippen LogP contribution >= 0.6 is 15.9 Å². The van der Waals surface area contributed by atoms with Crippen molar-refractivity contribution in [3.8, 4) is 0 Å². The molecule has 2 aromatic heterocycles. The maximum absolute atomic E-state index is 12.5. The Kier molecular flexibility index (Phi) is 20.0. The van der Waals surface area contributed by atoms with Crippen molar-refractivity contribution in [3.05, 3.63) is 119 Å². The molecular formula is C52H79BrN4O6Si2. The molecule has 13 heteroatoms. The maximum Gasteiger partial charge on any atom is 0.410 e. The third-order valence-electron chi connectivity index (χ3n) is 14.2. The van der Waals surface area contributed by atoms with Crippen LogP contribution in [-0.4, -0.2) is 84.0 Å². The Morgan fingerprint density at radius 1 is 0.585 bits per heavy atom. The van der Waals surface area contributed by atoms with Crippen molar-refractivity contribution in [2.45, 2.75) is 161 Å². The van der Waals surface area contributed by atoms with Crippen LogP contribution in [0.5, 0.6) is 0 Å². The minimum atomic E-state index is -1.83. The SMILES string of the molecule is CC(C)[Si](C(C)C)(C(C)C)n1ccc(Br)c1.CC(C)[Si](C(C)C)(C(C)C)n1ccc(C2(O)CCN(C(=O)OCc3ccccc3)CC2)c1.O=C1CCN(C(=O)OCc2ccccc2)CC1. The molecule has 0 spiro atoms. The van der Waals surface area contributed by atoms with E-state index in [4.69, 9.17) is 9.47 Å². The Balaban J connectivity index is 0.000000236. The van der Waals surface area contributed by atoms with Crippen LogP contribution in [0.4, 0.5) is 9.59 Å². The van der Waals surface area contributed by atoms with E-state index in [1.807, 2.05) is 60.7 Å². The van der Waals surface area contributed by atoms with E-state index in [1.165, 1.54) is 4.47 Å². The van der Waals surface area contributed by atoms with E-state index in [0.29, 0.717) is 68.5 Å². The van der Waals surface area contributed by atoms with E-state index in [0.717, 1.165) is 33.3 Å². The van der Waals surface area contributed by atoms with Gasteiger partial charge in [0.1, 0.15) is 19.0 Å². The van der Waals surface area contributed by atoms with Gasteiger partial charge < -0.3 is 32.8 Å². The summed E-state index contributed by atoms with van der Waals surface area (Å²) in [7, 11) is -3.33. The van der Waals surface area contributed by atoms with Crippen LogP contribution in [0.25, 0.3) is 0 Å². The molecule has 6 rings (SSSR count). The predicted octanol–water partition coefficient (Wildman–Crippen LogP) is 13.4. The molecule has 2 fully saturated rings. The Bertz CT molecular complexity index is 2020. The van der Waals surface area contributed by atoms with Crippen molar-refractivity contribution in [1.82, 2.24) is 18.3 Å². The van der Waals surface area contributed by atoms with Gasteiger partial charge in [0.05, 0.1) is 5.60 Å². The smallest absolute Gasteiger partial charge is 0.410 e. The molecule has 0 bridgehead atoms. The number of likely N-dealkylation sites (tertiary alicyclic amines) is 2. The van der Waals surface area contributed by atoms with Gasteiger partial charge in [-0.25, -0.2) is 9.59 Å². The average molecular weight is 992 g/mol. The summed E-state index contributed by atoms with van der Waals surface area (Å²) >= 11 is 3.57. The Labute approximate surface area is 401 Å². The summed E-state index contributed by atoms with van der Waals surface area (Å²) in [6.07, 6.45) is 10.2. The number of aromatic nitrogens is 2. The number of ether oxygens (including phenoxy) is 2. The van der Waals surface area contributed by atoms with Crippen molar-refractivity contribution >= 4 is 50.4 Å². The molecular weight excluding hydrogens is 913 g/mol. The van der Waals surface area contributed by atoms with Gasteiger partial charge in [0.25, 0.3) is 0 Å². The number of Topliss-reactive ketones (excluding diaryl/α,β-unsaturated/α-hetero) is 1. The Hall–Kier alpha value is -3.92. The van der Waals surface area contributed by atoms with Crippen LogP contribution in [0, 0.1) is 0 Å². The molecule has 2 saturated heterocycles. The zero-order valence-corrected chi connectivity index (χ0v) is 45.0. The van der Waals surface area contributed by atoms with Gasteiger partial charge in [-0.05, 0) is 97.7 Å². The van der Waals surface area contributed by atoms with Gasteiger partial charge in [-0.3, -0.25) is 4.79 Å². The summed E-state index contributed by atoms with van der Waals surface area (Å²) in [5.74, 6) is 0.220. The minimum Gasteiger partial charge on any atom is -0.445 e. The molecule has 4 aromatic rings. The molecule has 1 N–H and O–H groups in total. The van der Waals surface area contributed by atoms with E-state index < -0.39 is 22.1 Å². The minimum absolute atomic E-state index is 0.220. The van der Waals surface area contributed by atoms with Crippen LogP contribution in [0.1, 0.15) is 125 Å². The molecule has 2 amide bonds. The lowest BCUT2D eigenvalue weighted by Gasteiger charge is -2.44. The highest BCUT2D eigenvalue weighted by Crippen LogP contribution is 2.45. The first-order valence-corrected chi connectivity index (χ1v) is 29.0. The zero-order chi connectivity index (χ0) is 48.1. The molecule has 358 valence electrons. The van der Waals surface area contributed by atoms with E-state index in [-0.39, 0.29) is 31.2 Å². The number of aliphatic hydroxyl groups is 1. The monoisotopic (exact) mass is 990 g/mol. The first-order chi connectivity index (χ1) is 30.7. The fourth-order valence-electron chi connectivity index (χ4n) is 11.2. The van der Waals surface area contributed by atoms with Crippen molar-refractivity contribution in [3.63, 3.8) is 0 Å². The highest BCUT2D eigenvalue weighted by atomic mass is 79.9. The van der Waals surface area contributed by atoms with Gasteiger partial charge in [-0.15, -0.1) is 0 Å². The van der Waals surface area contributed by atoms with Gasteiger partial charge in [-0.1, -0.05) is 144 Å².